The van der Waals surface area contributed by atoms with Crippen LogP contribution in [0.25, 0.3) is 0 Å². The third kappa shape index (κ3) is 5.00. The summed E-state index contributed by atoms with van der Waals surface area (Å²) in [6, 6.07) is 14.1. The van der Waals surface area contributed by atoms with E-state index in [4.69, 9.17) is 9.47 Å². The number of halogens is 1. The average molecular weight is 420 g/mol. The summed E-state index contributed by atoms with van der Waals surface area (Å²) in [6.45, 7) is 2.38. The van der Waals surface area contributed by atoms with Crippen molar-refractivity contribution < 1.29 is 14.6 Å². The van der Waals surface area contributed by atoms with Crippen LogP contribution in [-0.2, 0) is 13.0 Å². The van der Waals surface area contributed by atoms with Crippen molar-refractivity contribution in [3.63, 3.8) is 0 Å². The number of aliphatic hydroxyl groups is 1. The molecule has 2 aromatic carbocycles. The molecule has 0 amide bonds. The van der Waals surface area contributed by atoms with E-state index in [0.29, 0.717) is 6.61 Å². The molecular weight excluding hydrogens is 394 g/mol. The second-order valence-corrected chi connectivity index (χ2v) is 7.90. The van der Waals surface area contributed by atoms with E-state index in [9.17, 15) is 5.11 Å². The summed E-state index contributed by atoms with van der Waals surface area (Å²) in [5.41, 5.74) is 2.27. The van der Waals surface area contributed by atoms with E-state index < -0.39 is 0 Å². The monoisotopic (exact) mass is 419 g/mol. The van der Waals surface area contributed by atoms with E-state index in [-0.39, 0.29) is 12.0 Å². The number of ether oxygens (including phenoxy) is 2. The second kappa shape index (κ2) is 8.89. The summed E-state index contributed by atoms with van der Waals surface area (Å²) in [7, 11) is 3.77. The van der Waals surface area contributed by atoms with Gasteiger partial charge in [0.1, 0.15) is 6.61 Å². The second-order valence-electron chi connectivity index (χ2n) is 6.98. The molecule has 5 heteroatoms. The molecule has 3 rings (SSSR count). The van der Waals surface area contributed by atoms with Crippen molar-refractivity contribution >= 4 is 15.9 Å². The molecule has 140 valence electrons. The topological polar surface area (TPSA) is 41.9 Å². The van der Waals surface area contributed by atoms with E-state index in [0.717, 1.165) is 53.0 Å². The molecular formula is C21H26BrNO3. The van der Waals surface area contributed by atoms with Crippen molar-refractivity contribution in [3.05, 3.63) is 58.1 Å². The molecule has 1 aliphatic rings. The normalized spacial score (nSPS) is 20.8. The lowest BCUT2D eigenvalue weighted by Crippen LogP contribution is -2.41. The van der Waals surface area contributed by atoms with Crippen LogP contribution in [0.5, 0.6) is 11.5 Å². The minimum Gasteiger partial charge on any atom is -0.493 e. The van der Waals surface area contributed by atoms with Gasteiger partial charge in [-0.25, -0.2) is 0 Å². The lowest BCUT2D eigenvalue weighted by Gasteiger charge is -2.34. The van der Waals surface area contributed by atoms with Gasteiger partial charge in [-0.1, -0.05) is 34.1 Å². The Balaban J connectivity index is 1.66. The Morgan fingerprint density at radius 3 is 2.58 bits per heavy atom. The fourth-order valence-electron chi connectivity index (χ4n) is 3.40. The Kier molecular flexibility index (Phi) is 6.57. The molecule has 4 nitrogen and oxygen atoms in total. The molecule has 2 aromatic rings. The van der Waals surface area contributed by atoms with Gasteiger partial charge in [-0.2, -0.15) is 0 Å². The first-order valence-electron chi connectivity index (χ1n) is 8.96. The lowest BCUT2D eigenvalue weighted by molar-refractivity contribution is 0.0366. The van der Waals surface area contributed by atoms with E-state index in [1.165, 1.54) is 0 Å². The Labute approximate surface area is 163 Å². The molecule has 1 heterocycles. The smallest absolute Gasteiger partial charge is 0.161 e. The quantitative estimate of drug-likeness (QED) is 0.770. The van der Waals surface area contributed by atoms with Crippen LogP contribution in [0.4, 0.5) is 0 Å². The van der Waals surface area contributed by atoms with Crippen molar-refractivity contribution in [3.8, 4) is 11.5 Å². The molecule has 1 aliphatic heterocycles. The molecule has 0 bridgehead atoms. The number of rotatable bonds is 6. The van der Waals surface area contributed by atoms with Crippen LogP contribution in [0.2, 0.25) is 0 Å². The fraction of sp³-hybridized carbons (Fsp3) is 0.429. The maximum atomic E-state index is 10.3. The first-order chi connectivity index (χ1) is 12.5. The Morgan fingerprint density at radius 1 is 1.12 bits per heavy atom. The van der Waals surface area contributed by atoms with Crippen molar-refractivity contribution in [1.29, 1.82) is 0 Å². The van der Waals surface area contributed by atoms with E-state index >= 15 is 0 Å². The standard InChI is InChI=1S/C21H26BrNO3/c1-23-10-9-19(24)17(13-23)11-16-5-8-20(21(12-16)25-2)26-14-15-3-6-18(22)7-4-15/h3-8,12,17,19,24H,9-11,13-14H2,1-2H3. The highest BCUT2D eigenvalue weighted by Gasteiger charge is 2.26. The van der Waals surface area contributed by atoms with Crippen LogP contribution in [0, 0.1) is 5.92 Å². The lowest BCUT2D eigenvalue weighted by atomic mass is 9.89. The van der Waals surface area contributed by atoms with Crippen molar-refractivity contribution in [2.24, 2.45) is 5.92 Å². The summed E-state index contributed by atoms with van der Waals surface area (Å²) in [5, 5.41) is 10.3. The third-order valence-electron chi connectivity index (χ3n) is 4.93. The summed E-state index contributed by atoms with van der Waals surface area (Å²) >= 11 is 3.44. The number of benzene rings is 2. The molecule has 0 radical (unpaired) electrons. The van der Waals surface area contributed by atoms with E-state index in [1.807, 2.05) is 36.4 Å². The Bertz CT molecular complexity index is 720. The number of aliphatic hydroxyl groups excluding tert-OH is 1. The van der Waals surface area contributed by atoms with Crippen LogP contribution < -0.4 is 9.47 Å². The summed E-state index contributed by atoms with van der Waals surface area (Å²) in [4.78, 5) is 2.28. The fourth-order valence-corrected chi connectivity index (χ4v) is 3.67. The molecule has 1 N–H and O–H groups in total. The summed E-state index contributed by atoms with van der Waals surface area (Å²) in [5.74, 6) is 1.73. The van der Waals surface area contributed by atoms with Crippen LogP contribution >= 0.6 is 15.9 Å². The zero-order valence-corrected chi connectivity index (χ0v) is 16.9. The zero-order valence-electron chi connectivity index (χ0n) is 15.3. The number of nitrogens with zero attached hydrogens (tertiary/aromatic N) is 1. The largest absolute Gasteiger partial charge is 0.493 e. The van der Waals surface area contributed by atoms with Crippen LogP contribution in [-0.4, -0.2) is 43.4 Å². The van der Waals surface area contributed by atoms with Crippen LogP contribution in [0.3, 0.4) is 0 Å². The summed E-state index contributed by atoms with van der Waals surface area (Å²) in [6.07, 6.45) is 1.45. The molecule has 0 aromatic heterocycles. The molecule has 1 saturated heterocycles. The Hall–Kier alpha value is -1.56. The molecule has 0 aliphatic carbocycles. The van der Waals surface area contributed by atoms with Crippen molar-refractivity contribution in [2.45, 2.75) is 25.6 Å². The number of methoxy groups -OCH3 is 1. The van der Waals surface area contributed by atoms with E-state index in [2.05, 4.69) is 33.9 Å². The average Bonchev–Trinajstić information content (AvgIpc) is 2.65. The highest BCUT2D eigenvalue weighted by atomic mass is 79.9. The number of piperidine rings is 1. The van der Waals surface area contributed by atoms with Crippen LogP contribution in [0.1, 0.15) is 17.5 Å². The molecule has 0 spiro atoms. The number of hydrogen-bond acceptors (Lipinski definition) is 4. The molecule has 2 atom stereocenters. The van der Waals surface area contributed by atoms with Gasteiger partial charge in [-0.15, -0.1) is 0 Å². The van der Waals surface area contributed by atoms with E-state index in [1.54, 1.807) is 7.11 Å². The Morgan fingerprint density at radius 2 is 1.85 bits per heavy atom. The molecule has 0 saturated carbocycles. The molecule has 2 unspecified atom stereocenters. The van der Waals surface area contributed by atoms with Crippen LogP contribution in [0.15, 0.2) is 46.9 Å². The van der Waals surface area contributed by atoms with Gasteiger partial charge in [0.15, 0.2) is 11.5 Å². The SMILES string of the molecule is COc1cc(CC2CN(C)CCC2O)ccc1OCc1ccc(Br)cc1. The van der Waals surface area contributed by atoms with Gasteiger partial charge in [-0.3, -0.25) is 0 Å². The highest BCUT2D eigenvalue weighted by Crippen LogP contribution is 2.31. The highest BCUT2D eigenvalue weighted by molar-refractivity contribution is 9.10. The first kappa shape index (κ1) is 19.2. The maximum Gasteiger partial charge on any atom is 0.161 e. The van der Waals surface area contributed by atoms with Crippen molar-refractivity contribution in [1.82, 2.24) is 4.90 Å². The van der Waals surface area contributed by atoms with Gasteiger partial charge in [0.2, 0.25) is 0 Å². The zero-order chi connectivity index (χ0) is 18.5. The molecule has 26 heavy (non-hydrogen) atoms. The number of likely N-dealkylation sites (tertiary alicyclic amines) is 1. The predicted octanol–water partition coefficient (Wildman–Crippen LogP) is 3.89. The third-order valence-corrected chi connectivity index (χ3v) is 5.46. The van der Waals surface area contributed by atoms with Gasteiger partial charge < -0.3 is 19.5 Å². The first-order valence-corrected chi connectivity index (χ1v) is 9.75. The predicted molar refractivity (Wildman–Crippen MR) is 107 cm³/mol. The van der Waals surface area contributed by atoms with Gasteiger partial charge in [0.25, 0.3) is 0 Å². The minimum absolute atomic E-state index is 0.231. The van der Waals surface area contributed by atoms with Gasteiger partial charge in [0, 0.05) is 23.5 Å². The summed E-state index contributed by atoms with van der Waals surface area (Å²) < 4.78 is 12.5. The maximum absolute atomic E-state index is 10.3. The minimum atomic E-state index is -0.231. The number of hydrogen-bond donors (Lipinski definition) is 1. The van der Waals surface area contributed by atoms with Crippen molar-refractivity contribution in [2.75, 3.05) is 27.2 Å². The molecule has 1 fully saturated rings. The van der Waals surface area contributed by atoms with Gasteiger partial charge >= 0.3 is 0 Å². The van der Waals surface area contributed by atoms with Gasteiger partial charge in [0.05, 0.1) is 13.2 Å². The van der Waals surface area contributed by atoms with Gasteiger partial charge in [-0.05, 0) is 55.3 Å².